The fourth-order valence-electron chi connectivity index (χ4n) is 5.16. The summed E-state index contributed by atoms with van der Waals surface area (Å²) < 4.78 is 6.43. The lowest BCUT2D eigenvalue weighted by Crippen LogP contribution is -2.55. The van der Waals surface area contributed by atoms with Crippen molar-refractivity contribution in [3.63, 3.8) is 0 Å². The quantitative estimate of drug-likeness (QED) is 0.347. The van der Waals surface area contributed by atoms with E-state index in [1.807, 2.05) is 37.4 Å². The zero-order valence-corrected chi connectivity index (χ0v) is 22.5. The first-order chi connectivity index (χ1) is 19.0. The molecule has 2 fully saturated rings. The van der Waals surface area contributed by atoms with Gasteiger partial charge in [0.25, 0.3) is 5.91 Å². The van der Waals surface area contributed by atoms with E-state index in [0.29, 0.717) is 24.5 Å². The van der Waals surface area contributed by atoms with Crippen LogP contribution in [0.3, 0.4) is 0 Å². The highest BCUT2D eigenvalue weighted by molar-refractivity contribution is 7.22. The zero-order chi connectivity index (χ0) is 26.9. The maximum Gasteiger partial charge on any atom is 0.274 e. The van der Waals surface area contributed by atoms with Crippen LogP contribution in [0.25, 0.3) is 20.7 Å². The molecule has 3 atom stereocenters. The number of carbonyl (C=O) groups excluding carboxylic acids is 1. The van der Waals surface area contributed by atoms with Crippen molar-refractivity contribution >= 4 is 44.7 Å². The topological polar surface area (TPSA) is 130 Å². The van der Waals surface area contributed by atoms with Crippen molar-refractivity contribution in [1.82, 2.24) is 15.0 Å². The molecular weight excluding hydrogens is 514 g/mol. The summed E-state index contributed by atoms with van der Waals surface area (Å²) in [6, 6.07) is 11.3. The van der Waals surface area contributed by atoms with E-state index < -0.39 is 6.10 Å². The summed E-state index contributed by atoms with van der Waals surface area (Å²) in [5.74, 6) is 0.644. The lowest BCUT2D eigenvalue weighted by Gasteiger charge is -2.40. The van der Waals surface area contributed by atoms with Crippen LogP contribution in [-0.2, 0) is 4.74 Å². The first-order valence-corrected chi connectivity index (χ1v) is 13.9. The zero-order valence-electron chi connectivity index (χ0n) is 21.7. The van der Waals surface area contributed by atoms with Crippen molar-refractivity contribution < 1.29 is 14.6 Å². The van der Waals surface area contributed by atoms with Crippen LogP contribution in [0.2, 0.25) is 0 Å². The summed E-state index contributed by atoms with van der Waals surface area (Å²) in [5, 5.41) is 13.2. The van der Waals surface area contributed by atoms with Crippen molar-refractivity contribution in [1.29, 1.82) is 0 Å². The number of piperidine rings is 1. The van der Waals surface area contributed by atoms with Crippen molar-refractivity contribution in [3.8, 4) is 10.4 Å². The first-order valence-electron chi connectivity index (χ1n) is 13.1. The fourth-order valence-corrected chi connectivity index (χ4v) is 6.15. The monoisotopic (exact) mass is 545 g/mol. The van der Waals surface area contributed by atoms with Gasteiger partial charge in [-0.05, 0) is 36.4 Å². The smallest absolute Gasteiger partial charge is 0.274 e. The molecule has 0 spiro atoms. The van der Waals surface area contributed by atoms with Gasteiger partial charge in [-0.2, -0.15) is 0 Å². The average molecular weight is 546 g/mol. The van der Waals surface area contributed by atoms with E-state index in [9.17, 15) is 9.90 Å². The predicted molar refractivity (Wildman–Crippen MR) is 153 cm³/mol. The Labute approximate surface area is 230 Å². The average Bonchev–Trinajstić information content (AvgIpc) is 3.40. The number of thiophene rings is 1. The second-order valence-corrected chi connectivity index (χ2v) is 11.2. The lowest BCUT2D eigenvalue weighted by molar-refractivity contribution is 0.0785. The van der Waals surface area contributed by atoms with Gasteiger partial charge in [0.1, 0.15) is 11.5 Å². The van der Waals surface area contributed by atoms with Gasteiger partial charge in [-0.25, -0.2) is 9.97 Å². The Morgan fingerprint density at radius 2 is 1.97 bits per heavy atom. The summed E-state index contributed by atoms with van der Waals surface area (Å²) in [7, 11) is 0. The first kappa shape index (κ1) is 25.6. The summed E-state index contributed by atoms with van der Waals surface area (Å²) >= 11 is 1.62. The number of anilines is 3. The predicted octanol–water partition coefficient (Wildman–Crippen LogP) is 2.99. The molecule has 11 heteroatoms. The van der Waals surface area contributed by atoms with Gasteiger partial charge in [0.2, 0.25) is 0 Å². The van der Waals surface area contributed by atoms with Crippen LogP contribution >= 0.6 is 11.3 Å². The third-order valence-electron chi connectivity index (χ3n) is 7.32. The highest BCUT2D eigenvalue weighted by Crippen LogP contribution is 2.34. The molecule has 0 aliphatic carbocycles. The molecule has 10 nitrogen and oxygen atoms in total. The second-order valence-electron chi connectivity index (χ2n) is 10.1. The molecule has 2 aliphatic heterocycles. The minimum absolute atomic E-state index is 0.00750. The number of amides is 1. The highest BCUT2D eigenvalue weighted by atomic mass is 32.1. The number of nitrogens with two attached hydrogens (primary N) is 1. The Kier molecular flexibility index (Phi) is 7.13. The third kappa shape index (κ3) is 5.30. The van der Waals surface area contributed by atoms with Gasteiger partial charge in [-0.1, -0.05) is 6.92 Å². The molecule has 4 aromatic heterocycles. The molecule has 39 heavy (non-hydrogen) atoms. The van der Waals surface area contributed by atoms with Crippen molar-refractivity contribution in [2.45, 2.75) is 19.1 Å². The third-order valence-corrected chi connectivity index (χ3v) is 8.46. The molecule has 2 saturated heterocycles. The molecule has 0 bridgehead atoms. The Hall–Kier alpha value is -3.64. The van der Waals surface area contributed by atoms with E-state index in [2.05, 4.69) is 36.1 Å². The Balaban J connectivity index is 1.19. The van der Waals surface area contributed by atoms with Crippen LogP contribution in [-0.4, -0.2) is 77.5 Å². The van der Waals surface area contributed by atoms with Crippen LogP contribution < -0.4 is 20.9 Å². The summed E-state index contributed by atoms with van der Waals surface area (Å²) in [5.41, 5.74) is 9.66. The van der Waals surface area contributed by atoms with Crippen LogP contribution in [0, 0.1) is 5.92 Å². The number of morpholine rings is 1. The van der Waals surface area contributed by atoms with Gasteiger partial charge in [-0.3, -0.25) is 9.78 Å². The SMILES string of the molecule is CC1CN(c2ccncc2NC(=O)c2ccc3sc(-c4ccc(N5CCOCC5)nc4)cc3n2)CC(N)C1O. The van der Waals surface area contributed by atoms with Gasteiger partial charge in [-0.15, -0.1) is 11.3 Å². The fraction of sp³-hybridized carbons (Fsp3) is 0.357. The Bertz CT molecular complexity index is 1460. The molecule has 1 amide bonds. The second kappa shape index (κ2) is 10.9. The molecule has 202 valence electrons. The van der Waals surface area contributed by atoms with Crippen molar-refractivity contribution in [3.05, 3.63) is 60.7 Å². The number of aromatic nitrogens is 3. The van der Waals surface area contributed by atoms with Crippen molar-refractivity contribution in [2.24, 2.45) is 11.7 Å². The van der Waals surface area contributed by atoms with E-state index in [1.165, 1.54) is 0 Å². The number of ether oxygens (including phenoxy) is 1. The molecule has 6 heterocycles. The standard InChI is InChI=1S/C28H31N7O3S/c1-17-15-35(16-19(29)27(17)36)23-6-7-30-14-22(23)33-28(37)20-3-4-24-21(32-20)12-25(39-24)18-2-5-26(31-13-18)34-8-10-38-11-9-34/h2-7,12-14,17,19,27,36H,8-11,15-16,29H2,1H3,(H,33,37). The number of nitrogens with one attached hydrogen (secondary N) is 1. The molecule has 0 radical (unpaired) electrons. The number of aliphatic hydroxyl groups is 1. The molecule has 2 aliphatic rings. The highest BCUT2D eigenvalue weighted by Gasteiger charge is 2.32. The van der Waals surface area contributed by atoms with Crippen LogP contribution in [0.4, 0.5) is 17.2 Å². The number of nitrogens with zero attached hydrogens (tertiary/aromatic N) is 5. The number of hydrogen-bond donors (Lipinski definition) is 3. The largest absolute Gasteiger partial charge is 0.391 e. The number of pyridine rings is 3. The maximum absolute atomic E-state index is 13.2. The molecule has 0 aromatic carbocycles. The maximum atomic E-state index is 13.2. The van der Waals surface area contributed by atoms with E-state index >= 15 is 0 Å². The van der Waals surface area contributed by atoms with E-state index in [-0.39, 0.29) is 17.9 Å². The minimum atomic E-state index is -0.550. The summed E-state index contributed by atoms with van der Waals surface area (Å²) in [4.78, 5) is 32.1. The molecule has 4 N–H and O–H groups in total. The normalized spacial score (nSPS) is 21.8. The van der Waals surface area contributed by atoms with Gasteiger partial charge in [0.05, 0.1) is 47.1 Å². The number of carbonyl (C=O) groups is 1. The van der Waals surface area contributed by atoms with E-state index in [0.717, 1.165) is 58.5 Å². The van der Waals surface area contributed by atoms with Gasteiger partial charge < -0.3 is 30.7 Å². The van der Waals surface area contributed by atoms with Gasteiger partial charge >= 0.3 is 0 Å². The Morgan fingerprint density at radius 1 is 1.13 bits per heavy atom. The van der Waals surface area contributed by atoms with Crippen LogP contribution in [0.15, 0.2) is 55.0 Å². The summed E-state index contributed by atoms with van der Waals surface area (Å²) in [6.45, 7) is 6.22. The number of rotatable bonds is 5. The molecule has 6 rings (SSSR count). The van der Waals surface area contributed by atoms with E-state index in [4.69, 9.17) is 10.5 Å². The van der Waals surface area contributed by atoms with Gasteiger partial charge in [0, 0.05) is 61.0 Å². The summed E-state index contributed by atoms with van der Waals surface area (Å²) in [6.07, 6.45) is 4.65. The van der Waals surface area contributed by atoms with Crippen LogP contribution in [0.1, 0.15) is 17.4 Å². The molecule has 0 saturated carbocycles. The number of aliphatic hydroxyl groups excluding tert-OH is 1. The molecular formula is C28H31N7O3S. The molecule has 4 aromatic rings. The van der Waals surface area contributed by atoms with E-state index in [1.54, 1.807) is 29.8 Å². The minimum Gasteiger partial charge on any atom is -0.391 e. The lowest BCUT2D eigenvalue weighted by atomic mass is 9.92. The number of hydrogen-bond acceptors (Lipinski definition) is 10. The van der Waals surface area contributed by atoms with Crippen LogP contribution in [0.5, 0.6) is 0 Å². The molecule has 3 unspecified atom stereocenters. The Morgan fingerprint density at radius 3 is 2.74 bits per heavy atom. The number of fused-ring (bicyclic) bond motifs is 1. The van der Waals surface area contributed by atoms with Gasteiger partial charge in [0.15, 0.2) is 0 Å². The van der Waals surface area contributed by atoms with Crippen molar-refractivity contribution in [2.75, 3.05) is 54.5 Å².